The van der Waals surface area contributed by atoms with Crippen molar-refractivity contribution >= 4 is 15.9 Å². The summed E-state index contributed by atoms with van der Waals surface area (Å²) >= 11 is 3.62. The number of hydrogen-bond donors (Lipinski definition) is 1. The van der Waals surface area contributed by atoms with Gasteiger partial charge in [0.25, 0.3) is 0 Å². The smallest absolute Gasteiger partial charge is 0.0739 e. The van der Waals surface area contributed by atoms with Crippen LogP contribution in [0.3, 0.4) is 0 Å². The fourth-order valence-corrected chi connectivity index (χ4v) is 3.31. The van der Waals surface area contributed by atoms with Crippen LogP contribution >= 0.6 is 15.9 Å². The van der Waals surface area contributed by atoms with Crippen LogP contribution in [-0.4, -0.2) is 39.9 Å². The van der Waals surface area contributed by atoms with Crippen LogP contribution in [0, 0.1) is 6.92 Å². The average Bonchev–Trinajstić information content (AvgIpc) is 3.03. The third-order valence-corrected chi connectivity index (χ3v) is 5.13. The Bertz CT molecular complexity index is 438. The van der Waals surface area contributed by atoms with Gasteiger partial charge in [-0.25, -0.2) is 0 Å². The summed E-state index contributed by atoms with van der Waals surface area (Å²) in [7, 11) is 2.01. The van der Waals surface area contributed by atoms with Crippen molar-refractivity contribution in [1.82, 2.24) is 20.0 Å². The van der Waals surface area contributed by atoms with Gasteiger partial charge in [-0.3, -0.25) is 9.58 Å². The van der Waals surface area contributed by atoms with Crippen molar-refractivity contribution in [3.63, 3.8) is 0 Å². The quantitative estimate of drug-likeness (QED) is 0.920. The molecule has 3 rings (SSSR count). The lowest BCUT2D eigenvalue weighted by Gasteiger charge is -2.16. The van der Waals surface area contributed by atoms with Gasteiger partial charge < -0.3 is 5.32 Å². The van der Waals surface area contributed by atoms with E-state index in [1.54, 1.807) is 0 Å². The lowest BCUT2D eigenvalue weighted by atomic mass is 10.2. The van der Waals surface area contributed by atoms with E-state index in [0.717, 1.165) is 22.8 Å². The van der Waals surface area contributed by atoms with Crippen LogP contribution in [-0.2, 0) is 13.6 Å². The second-order valence-corrected chi connectivity index (χ2v) is 6.36. The van der Waals surface area contributed by atoms with Crippen LogP contribution in [0.5, 0.6) is 0 Å². The van der Waals surface area contributed by atoms with Crippen molar-refractivity contribution < 1.29 is 0 Å². The summed E-state index contributed by atoms with van der Waals surface area (Å²) in [6.07, 6.45) is 4.11. The Balaban J connectivity index is 1.55. The van der Waals surface area contributed by atoms with Gasteiger partial charge in [0.15, 0.2) is 0 Å². The maximum atomic E-state index is 4.43. The maximum Gasteiger partial charge on any atom is 0.0739 e. The zero-order valence-electron chi connectivity index (χ0n) is 11.1. The third-order valence-electron chi connectivity index (χ3n) is 4.10. The second kappa shape index (κ2) is 4.94. The van der Waals surface area contributed by atoms with Crippen molar-refractivity contribution in [2.75, 3.05) is 13.1 Å². The molecule has 1 N–H and O–H groups in total. The molecule has 0 aromatic carbocycles. The molecule has 18 heavy (non-hydrogen) atoms. The molecule has 1 aromatic heterocycles. The molecular formula is C13H21BrN4. The van der Waals surface area contributed by atoms with Gasteiger partial charge in [-0.2, -0.15) is 5.10 Å². The molecule has 1 saturated heterocycles. The van der Waals surface area contributed by atoms with Gasteiger partial charge in [0.1, 0.15) is 0 Å². The lowest BCUT2D eigenvalue weighted by Crippen LogP contribution is -2.33. The Morgan fingerprint density at radius 3 is 2.78 bits per heavy atom. The monoisotopic (exact) mass is 312 g/mol. The molecule has 1 unspecified atom stereocenters. The van der Waals surface area contributed by atoms with Crippen molar-refractivity contribution in [3.8, 4) is 0 Å². The van der Waals surface area contributed by atoms with Crippen molar-refractivity contribution in [1.29, 1.82) is 0 Å². The SMILES string of the molecule is Cc1nn(C)c(CNC2CCN(C3CC3)C2)c1Br. The topological polar surface area (TPSA) is 33.1 Å². The first-order valence-electron chi connectivity index (χ1n) is 6.80. The van der Waals surface area contributed by atoms with Gasteiger partial charge in [-0.15, -0.1) is 0 Å². The third kappa shape index (κ3) is 2.49. The number of rotatable bonds is 4. The van der Waals surface area contributed by atoms with Crippen LogP contribution in [0.25, 0.3) is 0 Å². The highest BCUT2D eigenvalue weighted by Crippen LogP contribution is 2.30. The summed E-state index contributed by atoms with van der Waals surface area (Å²) in [5, 5.41) is 8.10. The molecular weight excluding hydrogens is 292 g/mol. The van der Waals surface area contributed by atoms with Gasteiger partial charge in [-0.1, -0.05) is 0 Å². The molecule has 0 bridgehead atoms. The molecule has 5 heteroatoms. The van der Waals surface area contributed by atoms with Crippen LogP contribution in [0.2, 0.25) is 0 Å². The fraction of sp³-hybridized carbons (Fsp3) is 0.769. The summed E-state index contributed by atoms with van der Waals surface area (Å²) in [6.45, 7) is 5.44. The summed E-state index contributed by atoms with van der Waals surface area (Å²) in [6, 6.07) is 1.55. The molecule has 1 aliphatic carbocycles. The molecule has 4 nitrogen and oxygen atoms in total. The van der Waals surface area contributed by atoms with E-state index in [-0.39, 0.29) is 0 Å². The van der Waals surface area contributed by atoms with Crippen LogP contribution in [0.15, 0.2) is 4.47 Å². The van der Waals surface area contributed by atoms with E-state index < -0.39 is 0 Å². The van der Waals surface area contributed by atoms with E-state index in [4.69, 9.17) is 0 Å². The lowest BCUT2D eigenvalue weighted by molar-refractivity contribution is 0.317. The van der Waals surface area contributed by atoms with Gasteiger partial charge in [0.2, 0.25) is 0 Å². The van der Waals surface area contributed by atoms with Crippen molar-refractivity contribution in [3.05, 3.63) is 15.9 Å². The Kier molecular flexibility index (Phi) is 3.47. The fourth-order valence-electron chi connectivity index (χ4n) is 2.84. The molecule has 2 fully saturated rings. The number of nitrogens with zero attached hydrogens (tertiary/aromatic N) is 3. The van der Waals surface area contributed by atoms with Gasteiger partial charge in [0.05, 0.1) is 15.9 Å². The Morgan fingerprint density at radius 2 is 2.17 bits per heavy atom. The number of aromatic nitrogens is 2. The minimum absolute atomic E-state index is 0.646. The van der Waals surface area contributed by atoms with Gasteiger partial charge >= 0.3 is 0 Å². The molecule has 2 aliphatic rings. The molecule has 1 atom stereocenters. The summed E-state index contributed by atoms with van der Waals surface area (Å²) in [5.41, 5.74) is 2.32. The Hall–Kier alpha value is -0.390. The Morgan fingerprint density at radius 1 is 1.39 bits per heavy atom. The standard InChI is InChI=1S/C13H21BrN4/c1-9-13(14)12(17(2)16-9)7-15-10-5-6-18(8-10)11-3-4-11/h10-11,15H,3-8H2,1-2H3. The molecule has 0 radical (unpaired) electrons. The molecule has 0 amide bonds. The normalized spacial score (nSPS) is 24.9. The number of nitrogens with one attached hydrogen (secondary N) is 1. The molecule has 0 spiro atoms. The highest BCUT2D eigenvalue weighted by Gasteiger charge is 2.34. The molecule has 2 heterocycles. The molecule has 1 aromatic rings. The zero-order chi connectivity index (χ0) is 12.7. The van der Waals surface area contributed by atoms with Crippen molar-refractivity contribution in [2.24, 2.45) is 7.05 Å². The first kappa shape index (κ1) is 12.6. The van der Waals surface area contributed by atoms with Gasteiger partial charge in [0, 0.05) is 38.8 Å². The summed E-state index contributed by atoms with van der Waals surface area (Å²) in [5.74, 6) is 0. The maximum absolute atomic E-state index is 4.43. The highest BCUT2D eigenvalue weighted by atomic mass is 79.9. The number of likely N-dealkylation sites (tertiary alicyclic amines) is 1. The molecule has 100 valence electrons. The minimum atomic E-state index is 0.646. The number of halogens is 1. The predicted molar refractivity (Wildman–Crippen MR) is 75.5 cm³/mol. The van der Waals surface area contributed by atoms with Crippen molar-refractivity contribution in [2.45, 2.75) is 44.8 Å². The minimum Gasteiger partial charge on any atom is -0.307 e. The second-order valence-electron chi connectivity index (χ2n) is 5.56. The van der Waals surface area contributed by atoms with Crippen LogP contribution in [0.4, 0.5) is 0 Å². The zero-order valence-corrected chi connectivity index (χ0v) is 12.7. The van der Waals surface area contributed by atoms with E-state index in [2.05, 4.69) is 31.2 Å². The summed E-state index contributed by atoms with van der Waals surface area (Å²) < 4.78 is 3.12. The predicted octanol–water partition coefficient (Wildman–Crippen LogP) is 1.82. The van der Waals surface area contributed by atoms with E-state index in [1.807, 2.05) is 18.7 Å². The molecule has 1 saturated carbocycles. The van der Waals surface area contributed by atoms with E-state index in [1.165, 1.54) is 38.0 Å². The molecule has 1 aliphatic heterocycles. The van der Waals surface area contributed by atoms with Gasteiger partial charge in [-0.05, 0) is 42.1 Å². The van der Waals surface area contributed by atoms with E-state index in [0.29, 0.717) is 6.04 Å². The highest BCUT2D eigenvalue weighted by molar-refractivity contribution is 9.10. The summed E-state index contributed by atoms with van der Waals surface area (Å²) in [4.78, 5) is 2.64. The number of aryl methyl sites for hydroxylation is 2. The first-order valence-corrected chi connectivity index (χ1v) is 7.60. The first-order chi connectivity index (χ1) is 8.65. The number of hydrogen-bond acceptors (Lipinski definition) is 3. The van der Waals surface area contributed by atoms with E-state index >= 15 is 0 Å². The van der Waals surface area contributed by atoms with Crippen LogP contribution in [0.1, 0.15) is 30.7 Å². The Labute approximate surface area is 117 Å². The van der Waals surface area contributed by atoms with E-state index in [9.17, 15) is 0 Å². The van der Waals surface area contributed by atoms with Crippen LogP contribution < -0.4 is 5.32 Å². The largest absolute Gasteiger partial charge is 0.307 e. The average molecular weight is 313 g/mol.